The zero-order valence-corrected chi connectivity index (χ0v) is 18.1. The molecule has 0 radical (unpaired) electrons. The van der Waals surface area contributed by atoms with Crippen molar-refractivity contribution in [3.63, 3.8) is 0 Å². The number of hydrogen-bond donors (Lipinski definition) is 1. The van der Waals surface area contributed by atoms with E-state index in [1.165, 1.54) is 11.3 Å². The first-order valence-corrected chi connectivity index (χ1v) is 11.1. The number of amides is 2. The molecule has 7 nitrogen and oxygen atoms in total. The molecule has 2 fully saturated rings. The molecule has 8 heteroatoms. The summed E-state index contributed by atoms with van der Waals surface area (Å²) >= 11 is 1.46. The number of benzene rings is 1. The van der Waals surface area contributed by atoms with Crippen molar-refractivity contribution < 1.29 is 19.1 Å². The van der Waals surface area contributed by atoms with Crippen molar-refractivity contribution in [1.82, 2.24) is 10.3 Å². The van der Waals surface area contributed by atoms with Gasteiger partial charge in [0, 0.05) is 12.6 Å². The van der Waals surface area contributed by atoms with Crippen LogP contribution in [0.15, 0.2) is 30.4 Å². The van der Waals surface area contributed by atoms with E-state index in [-0.39, 0.29) is 17.9 Å². The number of thiazole rings is 1. The highest BCUT2D eigenvalue weighted by Crippen LogP contribution is 2.53. The van der Waals surface area contributed by atoms with E-state index in [1.54, 1.807) is 12.0 Å². The van der Waals surface area contributed by atoms with Gasteiger partial charge in [-0.15, -0.1) is 0 Å². The van der Waals surface area contributed by atoms with Crippen LogP contribution in [0.2, 0.25) is 0 Å². The van der Waals surface area contributed by atoms with Crippen molar-refractivity contribution in [2.75, 3.05) is 25.1 Å². The van der Waals surface area contributed by atoms with Crippen LogP contribution >= 0.6 is 11.3 Å². The molecule has 1 N–H and O–H groups in total. The summed E-state index contributed by atoms with van der Waals surface area (Å²) < 4.78 is 12.5. The van der Waals surface area contributed by atoms with Crippen LogP contribution in [-0.4, -0.2) is 48.7 Å². The molecule has 5 rings (SSSR count). The number of anilines is 1. The van der Waals surface area contributed by atoms with E-state index in [0.29, 0.717) is 24.1 Å². The summed E-state index contributed by atoms with van der Waals surface area (Å²) in [5.74, 6) is 0.0555. The lowest BCUT2D eigenvalue weighted by Gasteiger charge is -2.23. The highest BCUT2D eigenvalue weighted by Gasteiger charge is 2.67. The maximum atomic E-state index is 13.4. The number of methoxy groups -OCH3 is 1. The minimum Gasteiger partial charge on any atom is -0.497 e. The molecule has 4 atom stereocenters. The lowest BCUT2D eigenvalue weighted by molar-refractivity contribution is -0.131. The standard InChI is InChI=1S/C22H25N3O4S/c1-12(2)7-9-23-19(26)17-15-6-8-22(29-15)11-25(20(27)18(17)22)21-24-14-10-13(28-3)4-5-16(14)30-21/h4-6,8,10,12,15,17-18H,7,9,11H2,1-3H3,(H,23,26)/t15-,17+,18+,22-/m1/s1. The van der Waals surface area contributed by atoms with Crippen LogP contribution in [-0.2, 0) is 14.3 Å². The summed E-state index contributed by atoms with van der Waals surface area (Å²) in [6.07, 6.45) is 4.47. The van der Waals surface area contributed by atoms with Crippen molar-refractivity contribution in [1.29, 1.82) is 0 Å². The quantitative estimate of drug-likeness (QED) is 0.717. The lowest BCUT2D eigenvalue weighted by atomic mass is 9.77. The molecule has 2 amide bonds. The average Bonchev–Trinajstić information content (AvgIpc) is 3.45. The van der Waals surface area contributed by atoms with Gasteiger partial charge < -0.3 is 14.8 Å². The van der Waals surface area contributed by atoms with Gasteiger partial charge in [-0.1, -0.05) is 37.3 Å². The molecule has 2 bridgehead atoms. The molecule has 158 valence electrons. The summed E-state index contributed by atoms with van der Waals surface area (Å²) in [7, 11) is 1.62. The van der Waals surface area contributed by atoms with Crippen molar-refractivity contribution in [2.24, 2.45) is 17.8 Å². The van der Waals surface area contributed by atoms with Crippen LogP contribution in [0, 0.1) is 17.8 Å². The molecular weight excluding hydrogens is 402 g/mol. The molecular formula is C22H25N3O4S. The van der Waals surface area contributed by atoms with Crippen LogP contribution in [0.1, 0.15) is 20.3 Å². The Balaban J connectivity index is 1.41. The molecule has 1 spiro atoms. The van der Waals surface area contributed by atoms with Crippen molar-refractivity contribution in [3.8, 4) is 5.75 Å². The van der Waals surface area contributed by atoms with Gasteiger partial charge in [0.1, 0.15) is 11.4 Å². The van der Waals surface area contributed by atoms with Gasteiger partial charge in [-0.05, 0) is 24.5 Å². The molecule has 0 aliphatic carbocycles. The minimum absolute atomic E-state index is 0.0862. The Kier molecular flexibility index (Phi) is 4.59. The second kappa shape index (κ2) is 7.06. The number of nitrogens with zero attached hydrogens (tertiary/aromatic N) is 2. The molecule has 0 saturated carbocycles. The van der Waals surface area contributed by atoms with Gasteiger partial charge in [0.15, 0.2) is 5.13 Å². The summed E-state index contributed by atoms with van der Waals surface area (Å²) in [6, 6.07) is 5.69. The third-order valence-electron chi connectivity index (χ3n) is 6.24. The number of carbonyl (C=O) groups excluding carboxylic acids is 2. The number of ether oxygens (including phenoxy) is 2. The maximum Gasteiger partial charge on any atom is 0.236 e. The fraction of sp³-hybridized carbons (Fsp3) is 0.500. The molecule has 0 unspecified atom stereocenters. The lowest BCUT2D eigenvalue weighted by Crippen LogP contribution is -2.44. The Morgan fingerprint density at radius 3 is 3.07 bits per heavy atom. The number of hydrogen-bond acceptors (Lipinski definition) is 6. The molecule has 3 aliphatic heterocycles. The maximum absolute atomic E-state index is 13.4. The molecule has 1 aromatic carbocycles. The van der Waals surface area contributed by atoms with Gasteiger partial charge in [-0.25, -0.2) is 4.98 Å². The van der Waals surface area contributed by atoms with Gasteiger partial charge in [-0.2, -0.15) is 0 Å². The third-order valence-corrected chi connectivity index (χ3v) is 7.30. The Morgan fingerprint density at radius 1 is 1.47 bits per heavy atom. The normalized spacial score (nSPS) is 29.3. The topological polar surface area (TPSA) is 80.8 Å². The molecule has 4 heterocycles. The van der Waals surface area contributed by atoms with E-state index >= 15 is 0 Å². The second-order valence-electron chi connectivity index (χ2n) is 8.63. The Hall–Kier alpha value is -2.45. The first kappa shape index (κ1) is 19.5. The van der Waals surface area contributed by atoms with Gasteiger partial charge in [0.25, 0.3) is 0 Å². The van der Waals surface area contributed by atoms with Crippen molar-refractivity contribution >= 4 is 38.5 Å². The first-order valence-electron chi connectivity index (χ1n) is 10.3. The van der Waals surface area contributed by atoms with Crippen LogP contribution in [0.5, 0.6) is 5.75 Å². The highest BCUT2D eigenvalue weighted by molar-refractivity contribution is 7.22. The smallest absolute Gasteiger partial charge is 0.236 e. The predicted molar refractivity (Wildman–Crippen MR) is 115 cm³/mol. The van der Waals surface area contributed by atoms with Gasteiger partial charge in [0.2, 0.25) is 11.8 Å². The van der Waals surface area contributed by atoms with Crippen molar-refractivity contribution in [2.45, 2.75) is 32.0 Å². The molecule has 2 saturated heterocycles. The number of aromatic nitrogens is 1. The molecule has 1 aromatic heterocycles. The highest BCUT2D eigenvalue weighted by atomic mass is 32.1. The fourth-order valence-electron chi connectivity index (χ4n) is 4.70. The second-order valence-corrected chi connectivity index (χ2v) is 9.64. The van der Waals surface area contributed by atoms with E-state index in [1.807, 2.05) is 30.4 Å². The van der Waals surface area contributed by atoms with Crippen LogP contribution in [0.25, 0.3) is 10.2 Å². The molecule has 2 aromatic rings. The van der Waals surface area contributed by atoms with E-state index in [4.69, 9.17) is 9.47 Å². The zero-order valence-electron chi connectivity index (χ0n) is 17.3. The van der Waals surface area contributed by atoms with Gasteiger partial charge >= 0.3 is 0 Å². The zero-order chi connectivity index (χ0) is 21.0. The Bertz CT molecular complexity index is 1050. The van der Waals surface area contributed by atoms with E-state index < -0.39 is 17.4 Å². The number of fused-ring (bicyclic) bond motifs is 2. The van der Waals surface area contributed by atoms with E-state index in [2.05, 4.69) is 24.1 Å². The Morgan fingerprint density at radius 2 is 2.30 bits per heavy atom. The Labute approximate surface area is 179 Å². The fourth-order valence-corrected chi connectivity index (χ4v) is 5.65. The number of carbonyl (C=O) groups is 2. The third kappa shape index (κ3) is 2.93. The monoisotopic (exact) mass is 427 g/mol. The minimum atomic E-state index is -0.739. The predicted octanol–water partition coefficient (Wildman–Crippen LogP) is 2.75. The van der Waals surface area contributed by atoms with Gasteiger partial charge in [0.05, 0.1) is 41.8 Å². The van der Waals surface area contributed by atoms with Crippen molar-refractivity contribution in [3.05, 3.63) is 30.4 Å². The average molecular weight is 428 g/mol. The van der Waals surface area contributed by atoms with Crippen LogP contribution in [0.4, 0.5) is 5.13 Å². The summed E-state index contributed by atoms with van der Waals surface area (Å²) in [5.41, 5.74) is 0.0533. The number of nitrogens with one attached hydrogen (secondary N) is 1. The van der Waals surface area contributed by atoms with E-state index in [0.717, 1.165) is 22.4 Å². The molecule has 3 aliphatic rings. The van der Waals surface area contributed by atoms with Crippen LogP contribution in [0.3, 0.4) is 0 Å². The summed E-state index contributed by atoms with van der Waals surface area (Å²) in [4.78, 5) is 32.7. The van der Waals surface area contributed by atoms with Gasteiger partial charge in [-0.3, -0.25) is 14.5 Å². The number of rotatable bonds is 6. The largest absolute Gasteiger partial charge is 0.497 e. The summed E-state index contributed by atoms with van der Waals surface area (Å²) in [6.45, 7) is 5.24. The van der Waals surface area contributed by atoms with Crippen LogP contribution < -0.4 is 15.0 Å². The SMILES string of the molecule is COc1ccc2sc(N3C[C@@]45C=C[C@@H](O4)[C@H](C(=O)NCCC(C)C)[C@H]5C3=O)nc2c1. The summed E-state index contributed by atoms with van der Waals surface area (Å²) in [5, 5.41) is 3.64. The molecule has 30 heavy (non-hydrogen) atoms. The van der Waals surface area contributed by atoms with E-state index in [9.17, 15) is 9.59 Å². The first-order chi connectivity index (χ1) is 14.4.